The van der Waals surface area contributed by atoms with Crippen LogP contribution in [0.5, 0.6) is 5.75 Å². The molecule has 21 heavy (non-hydrogen) atoms. The lowest BCUT2D eigenvalue weighted by Crippen LogP contribution is -2.32. The maximum Gasteiger partial charge on any atom is 0.138 e. The number of hydrogen-bond donors (Lipinski definition) is 2. The zero-order valence-electron chi connectivity index (χ0n) is 13.0. The smallest absolute Gasteiger partial charge is 0.138 e. The molecule has 1 aromatic carbocycles. The lowest BCUT2D eigenvalue weighted by Gasteiger charge is -2.22. The van der Waals surface area contributed by atoms with Gasteiger partial charge in [0, 0.05) is 6.54 Å². The van der Waals surface area contributed by atoms with Crippen molar-refractivity contribution in [3.8, 4) is 5.75 Å². The van der Waals surface area contributed by atoms with E-state index in [1.165, 1.54) is 0 Å². The van der Waals surface area contributed by atoms with Crippen LogP contribution in [0.1, 0.15) is 45.1 Å². The second-order valence-electron chi connectivity index (χ2n) is 6.51. The fraction of sp³-hybridized carbons (Fsp3) is 0.647. The number of aliphatic hydroxyl groups is 1. The average Bonchev–Trinajstić information content (AvgIpc) is 2.85. The van der Waals surface area contributed by atoms with Crippen molar-refractivity contribution in [2.24, 2.45) is 5.92 Å². The Bertz CT molecular complexity index is 456. The zero-order valence-corrected chi connectivity index (χ0v) is 13.7. The topological polar surface area (TPSA) is 41.5 Å². The Morgan fingerprint density at radius 3 is 2.67 bits per heavy atom. The van der Waals surface area contributed by atoms with Gasteiger partial charge < -0.3 is 15.2 Å². The Morgan fingerprint density at radius 2 is 2.05 bits per heavy atom. The van der Waals surface area contributed by atoms with Crippen LogP contribution in [0.15, 0.2) is 18.2 Å². The molecule has 2 rings (SSSR count). The highest BCUT2D eigenvalue weighted by Gasteiger charge is 2.32. The van der Waals surface area contributed by atoms with Crippen LogP contribution in [-0.4, -0.2) is 23.9 Å². The van der Waals surface area contributed by atoms with Crippen molar-refractivity contribution in [2.75, 3.05) is 13.2 Å². The summed E-state index contributed by atoms with van der Waals surface area (Å²) in [5.74, 6) is 1.29. The van der Waals surface area contributed by atoms with E-state index in [2.05, 4.69) is 19.2 Å². The van der Waals surface area contributed by atoms with Crippen molar-refractivity contribution in [3.05, 3.63) is 28.8 Å². The standard InChI is InChI=1S/C17H26ClNO2/c1-13(2)10-19-11-14-5-6-16(15(18)9-14)21-12-17(20)7-3-4-8-17/h5-6,9,13,19-20H,3-4,7-8,10-12H2,1-2H3. The Hall–Kier alpha value is -0.770. The van der Waals surface area contributed by atoms with Gasteiger partial charge in [0.2, 0.25) is 0 Å². The molecule has 0 atom stereocenters. The number of halogens is 1. The van der Waals surface area contributed by atoms with E-state index in [1.54, 1.807) is 0 Å². The molecule has 0 heterocycles. The predicted molar refractivity (Wildman–Crippen MR) is 86.9 cm³/mol. The third-order valence-electron chi connectivity index (χ3n) is 3.91. The van der Waals surface area contributed by atoms with Crippen LogP contribution in [0.2, 0.25) is 5.02 Å². The second kappa shape index (κ2) is 7.48. The van der Waals surface area contributed by atoms with Gasteiger partial charge in [0.1, 0.15) is 12.4 Å². The number of benzene rings is 1. The summed E-state index contributed by atoms with van der Waals surface area (Å²) in [6.07, 6.45) is 3.80. The lowest BCUT2D eigenvalue weighted by atomic mass is 10.0. The molecule has 0 aliphatic heterocycles. The Kier molecular flexibility index (Phi) is 5.91. The minimum atomic E-state index is -0.666. The van der Waals surface area contributed by atoms with Crippen LogP contribution in [0, 0.1) is 5.92 Å². The molecule has 2 N–H and O–H groups in total. The molecular weight excluding hydrogens is 286 g/mol. The van der Waals surface area contributed by atoms with Gasteiger partial charge in [-0.05, 0) is 43.0 Å². The summed E-state index contributed by atoms with van der Waals surface area (Å²) in [5.41, 5.74) is 0.480. The molecule has 1 fully saturated rings. The molecule has 0 amide bonds. The maximum absolute atomic E-state index is 10.3. The van der Waals surface area contributed by atoms with Gasteiger partial charge in [0.25, 0.3) is 0 Å². The third kappa shape index (κ3) is 5.17. The summed E-state index contributed by atoms with van der Waals surface area (Å²) < 4.78 is 5.72. The summed E-state index contributed by atoms with van der Waals surface area (Å²) in [6.45, 7) is 6.50. The number of hydrogen-bond acceptors (Lipinski definition) is 3. The highest BCUT2D eigenvalue weighted by atomic mass is 35.5. The van der Waals surface area contributed by atoms with Crippen molar-refractivity contribution in [1.29, 1.82) is 0 Å². The molecule has 0 spiro atoms. The number of ether oxygens (including phenoxy) is 1. The van der Waals surface area contributed by atoms with Gasteiger partial charge in [0.05, 0.1) is 10.6 Å². The minimum Gasteiger partial charge on any atom is -0.489 e. The van der Waals surface area contributed by atoms with Gasteiger partial charge in [-0.15, -0.1) is 0 Å². The third-order valence-corrected chi connectivity index (χ3v) is 4.20. The molecule has 0 bridgehead atoms. The number of nitrogens with one attached hydrogen (secondary N) is 1. The molecule has 1 aliphatic carbocycles. The van der Waals surface area contributed by atoms with E-state index in [1.807, 2.05) is 18.2 Å². The molecule has 0 saturated heterocycles. The first-order chi connectivity index (χ1) is 9.98. The Labute approximate surface area is 132 Å². The summed E-state index contributed by atoms with van der Waals surface area (Å²) in [6, 6.07) is 5.85. The van der Waals surface area contributed by atoms with Crippen LogP contribution >= 0.6 is 11.6 Å². The van der Waals surface area contributed by atoms with Crippen molar-refractivity contribution in [2.45, 2.75) is 51.7 Å². The van der Waals surface area contributed by atoms with Crippen molar-refractivity contribution in [3.63, 3.8) is 0 Å². The Morgan fingerprint density at radius 1 is 1.33 bits per heavy atom. The van der Waals surface area contributed by atoms with Crippen LogP contribution in [0.25, 0.3) is 0 Å². The monoisotopic (exact) mass is 311 g/mol. The lowest BCUT2D eigenvalue weighted by molar-refractivity contribution is 0.00144. The van der Waals surface area contributed by atoms with E-state index in [0.29, 0.717) is 23.3 Å². The summed E-state index contributed by atoms with van der Waals surface area (Å²) in [7, 11) is 0. The highest BCUT2D eigenvalue weighted by Crippen LogP contribution is 2.32. The molecule has 4 heteroatoms. The highest BCUT2D eigenvalue weighted by molar-refractivity contribution is 6.32. The molecule has 1 saturated carbocycles. The van der Waals surface area contributed by atoms with Crippen LogP contribution in [-0.2, 0) is 6.54 Å². The summed E-state index contributed by atoms with van der Waals surface area (Å²) >= 11 is 6.27. The molecule has 3 nitrogen and oxygen atoms in total. The summed E-state index contributed by atoms with van der Waals surface area (Å²) in [4.78, 5) is 0. The van der Waals surface area contributed by atoms with Crippen LogP contribution in [0.4, 0.5) is 0 Å². The maximum atomic E-state index is 10.3. The van der Waals surface area contributed by atoms with Gasteiger partial charge >= 0.3 is 0 Å². The minimum absolute atomic E-state index is 0.331. The first-order valence-corrected chi connectivity index (χ1v) is 8.21. The SMILES string of the molecule is CC(C)CNCc1ccc(OCC2(O)CCCC2)c(Cl)c1. The van der Waals surface area contributed by atoms with Gasteiger partial charge in [-0.1, -0.05) is 44.4 Å². The first-order valence-electron chi connectivity index (χ1n) is 7.83. The quantitative estimate of drug-likeness (QED) is 0.805. The molecule has 0 aromatic heterocycles. The van der Waals surface area contributed by atoms with E-state index in [-0.39, 0.29) is 0 Å². The fourth-order valence-electron chi connectivity index (χ4n) is 2.67. The van der Waals surface area contributed by atoms with Gasteiger partial charge in [-0.3, -0.25) is 0 Å². The Balaban J connectivity index is 1.86. The van der Waals surface area contributed by atoms with E-state index in [9.17, 15) is 5.11 Å². The molecular formula is C17H26ClNO2. The fourth-order valence-corrected chi connectivity index (χ4v) is 2.92. The molecule has 1 aliphatic rings. The summed E-state index contributed by atoms with van der Waals surface area (Å²) in [5, 5.41) is 14.3. The zero-order chi connectivity index (χ0) is 15.3. The van der Waals surface area contributed by atoms with Crippen molar-refractivity contribution in [1.82, 2.24) is 5.32 Å². The van der Waals surface area contributed by atoms with Crippen molar-refractivity contribution >= 4 is 11.6 Å². The van der Waals surface area contributed by atoms with E-state index in [0.717, 1.165) is 44.3 Å². The van der Waals surface area contributed by atoms with E-state index < -0.39 is 5.60 Å². The molecule has 1 aromatic rings. The van der Waals surface area contributed by atoms with E-state index in [4.69, 9.17) is 16.3 Å². The normalized spacial score (nSPS) is 17.4. The average molecular weight is 312 g/mol. The molecule has 0 unspecified atom stereocenters. The first kappa shape index (κ1) is 16.6. The number of rotatable bonds is 7. The van der Waals surface area contributed by atoms with Gasteiger partial charge in [-0.25, -0.2) is 0 Å². The second-order valence-corrected chi connectivity index (χ2v) is 6.92. The van der Waals surface area contributed by atoms with Crippen molar-refractivity contribution < 1.29 is 9.84 Å². The van der Waals surface area contributed by atoms with Crippen LogP contribution in [0.3, 0.4) is 0 Å². The van der Waals surface area contributed by atoms with Crippen LogP contribution < -0.4 is 10.1 Å². The largest absolute Gasteiger partial charge is 0.489 e. The predicted octanol–water partition coefficient (Wildman–Crippen LogP) is 3.77. The van der Waals surface area contributed by atoms with E-state index >= 15 is 0 Å². The van der Waals surface area contributed by atoms with Gasteiger partial charge in [0.15, 0.2) is 0 Å². The molecule has 0 radical (unpaired) electrons. The molecule has 118 valence electrons. The van der Waals surface area contributed by atoms with Gasteiger partial charge in [-0.2, -0.15) is 0 Å².